The maximum atomic E-state index is 14.1. The first kappa shape index (κ1) is 49.1. The smallest absolute Gasteiger partial charge is 0.340 e. The van der Waals surface area contributed by atoms with E-state index in [4.69, 9.17) is 25.1 Å². The first-order valence-electron chi connectivity index (χ1n) is 18.8. The normalized spacial score (nSPS) is 15.2. The number of ether oxygens (including phenoxy) is 3. The maximum absolute atomic E-state index is 14.1. The lowest BCUT2D eigenvalue weighted by Gasteiger charge is -2.40. The number of carbonyl (C=O) groups is 3. The maximum Gasteiger partial charge on any atom is 0.340 e. The highest BCUT2D eigenvalue weighted by Crippen LogP contribution is 2.42. The summed E-state index contributed by atoms with van der Waals surface area (Å²) in [5.41, 5.74) is -1.54. The first-order chi connectivity index (χ1) is 30.0. The number of hydrogen-bond donors (Lipinski definition) is 1. The number of carbonyl (C=O) groups excluding carboxylic acids is 3. The highest BCUT2D eigenvalue weighted by Gasteiger charge is 2.53. The van der Waals surface area contributed by atoms with Gasteiger partial charge in [-0.05, 0) is 103 Å². The van der Waals surface area contributed by atoms with E-state index in [2.05, 4.69) is 125 Å². The van der Waals surface area contributed by atoms with Gasteiger partial charge < -0.3 is 28.5 Å². The summed E-state index contributed by atoms with van der Waals surface area (Å²) in [5.74, 6) is 47.1. The second-order valence-electron chi connectivity index (χ2n) is 14.5. The molecule has 312 valence electrons. The van der Waals surface area contributed by atoms with Crippen molar-refractivity contribution >= 4 is 26.0 Å². The minimum absolute atomic E-state index is 0.0611. The van der Waals surface area contributed by atoms with Crippen molar-refractivity contribution in [2.45, 2.75) is 90.1 Å². The van der Waals surface area contributed by atoms with E-state index in [1.807, 2.05) is 33.9 Å². The van der Waals surface area contributed by atoms with Gasteiger partial charge in [0.15, 0.2) is 20.6 Å². The molecule has 0 saturated carbocycles. The molecular weight excluding hydrogens is 817 g/mol. The van der Waals surface area contributed by atoms with Crippen LogP contribution < -0.4 is 16.0 Å². The number of ketones is 1. The molecule has 0 spiro atoms. The lowest BCUT2D eigenvalue weighted by molar-refractivity contribution is -0.156. The zero-order valence-electron chi connectivity index (χ0n) is 35.4. The number of aliphatic hydroxyl groups is 1. The summed E-state index contributed by atoms with van der Waals surface area (Å²) in [6.07, 6.45) is 3.36. The lowest BCUT2D eigenvalue weighted by Crippen LogP contribution is -2.51. The van der Waals surface area contributed by atoms with Crippen LogP contribution in [-0.2, 0) is 23.5 Å². The van der Waals surface area contributed by atoms with Gasteiger partial charge in [0.05, 0.1) is 13.0 Å². The average Bonchev–Trinajstić information content (AvgIpc) is 3.54. The van der Waals surface area contributed by atoms with Crippen molar-refractivity contribution in [3.05, 3.63) is 62.4 Å². The van der Waals surface area contributed by atoms with Crippen LogP contribution in [0.4, 0.5) is 0 Å². The third kappa shape index (κ3) is 15.4. The Morgan fingerprint density at radius 3 is 1.81 bits per heavy atom. The Labute approximate surface area is 367 Å². The highest BCUT2D eigenvalue weighted by molar-refractivity contribution is 6.74. The minimum atomic E-state index is -2.71. The summed E-state index contributed by atoms with van der Waals surface area (Å²) in [6.45, 7) is 12.2. The van der Waals surface area contributed by atoms with Gasteiger partial charge in [-0.3, -0.25) is 19.0 Å². The molecule has 0 amide bonds. The number of aromatic nitrogens is 2. The highest BCUT2D eigenvalue weighted by atomic mass is 28.4. The molecule has 3 rings (SSSR count). The van der Waals surface area contributed by atoms with Gasteiger partial charge >= 0.3 is 11.7 Å². The third-order valence-electron chi connectivity index (χ3n) is 8.85. The molecule has 0 aliphatic carbocycles. The number of rotatable bonds is 10. The van der Waals surface area contributed by atoms with Crippen molar-refractivity contribution in [1.82, 2.24) is 9.13 Å². The van der Waals surface area contributed by atoms with Crippen LogP contribution in [0.5, 0.6) is 5.75 Å². The predicted octanol–water partition coefficient (Wildman–Crippen LogP) is 2.57. The average molecular weight is 855 g/mol. The van der Waals surface area contributed by atoms with Crippen LogP contribution in [0.15, 0.2) is 40.1 Å². The van der Waals surface area contributed by atoms with Crippen molar-refractivity contribution in [1.29, 1.82) is 0 Å². The fourth-order valence-corrected chi connectivity index (χ4v) is 6.25. The molecule has 4 atom stereocenters. The Bertz CT molecular complexity index is 2990. The number of terminal acetylenes is 1. The molecule has 12 nitrogen and oxygen atoms in total. The molecule has 2 heterocycles. The standard InChI is InChI=1S/C50H38N2O10Si/c1-9-10-11-12-13-14-15-16-17-18-19-20-21-22-23-24-25-26-27-28-33-59-41-35-38(2)34-40(36-41)47(57)52-43(55)31-32-51(49(52)58)48-46(62-63(7,8)50(4,5)6)45(42(37-53)60-48)61-44(56)30-29-39(3)54/h1,31-32,34-36,42,45-46,48,53H,29-30,37H2,2-8H3/t42-,45?,46+,48-/m1/s1. The van der Waals surface area contributed by atoms with E-state index in [0.717, 1.165) is 16.8 Å². The molecule has 1 N–H and O–H groups in total. The third-order valence-corrected chi connectivity index (χ3v) is 13.3. The molecular formula is C50H38N2O10Si. The van der Waals surface area contributed by atoms with E-state index in [1.165, 1.54) is 19.1 Å². The zero-order valence-corrected chi connectivity index (χ0v) is 36.4. The van der Waals surface area contributed by atoms with E-state index in [0.29, 0.717) is 10.1 Å². The number of aryl methyl sites for hydroxylation is 1. The summed E-state index contributed by atoms with van der Waals surface area (Å²) < 4.78 is 25.4. The SMILES string of the molecule is C#CC#CC#CC#CC#CC#CC#CC#CC#CC#CC#COc1cc(C)cc(C(=O)n2c(=O)ccn([C@@H]3O[C@H](CO)C(OC(=O)CCC(C)=O)[C@@H]3O[Si](C)(C)C(C)(C)C)c2=O)c1. The van der Waals surface area contributed by atoms with Crippen molar-refractivity contribution in [2.24, 2.45) is 0 Å². The van der Waals surface area contributed by atoms with E-state index in [9.17, 15) is 29.1 Å². The fraction of sp³-hybridized carbons (Fsp3) is 0.300. The van der Waals surface area contributed by atoms with Gasteiger partial charge in [-0.2, -0.15) is 4.57 Å². The molecule has 1 fully saturated rings. The lowest BCUT2D eigenvalue weighted by atomic mass is 10.1. The summed E-state index contributed by atoms with van der Waals surface area (Å²) in [7, 11) is -2.71. The molecule has 1 aromatic carbocycles. The number of benzene rings is 1. The van der Waals surface area contributed by atoms with Crippen LogP contribution in [0.2, 0.25) is 18.1 Å². The van der Waals surface area contributed by atoms with Crippen LogP contribution >= 0.6 is 0 Å². The minimum Gasteiger partial charge on any atom is -0.457 e. The topological polar surface area (TPSA) is 152 Å². The summed E-state index contributed by atoms with van der Waals surface area (Å²) in [5, 5.41) is 9.95. The van der Waals surface area contributed by atoms with Gasteiger partial charge in [0, 0.05) is 95.3 Å². The van der Waals surface area contributed by atoms with E-state index >= 15 is 0 Å². The van der Waals surface area contributed by atoms with Crippen molar-refractivity contribution in [3.8, 4) is 137 Å². The van der Waals surface area contributed by atoms with Crippen LogP contribution in [0.3, 0.4) is 0 Å². The number of aliphatic hydroxyl groups excluding tert-OH is 1. The second kappa shape index (κ2) is 24.1. The summed E-state index contributed by atoms with van der Waals surface area (Å²) in [6, 6.07) is 5.34. The van der Waals surface area contributed by atoms with Gasteiger partial charge in [-0.15, -0.1) is 6.42 Å². The monoisotopic (exact) mass is 854 g/mol. The Morgan fingerprint density at radius 2 is 1.32 bits per heavy atom. The van der Waals surface area contributed by atoms with Gasteiger partial charge in [0.25, 0.3) is 11.5 Å². The molecule has 0 bridgehead atoms. The fourth-order valence-electron chi connectivity index (χ4n) is 4.96. The Balaban J connectivity index is 1.81. The van der Waals surface area contributed by atoms with Gasteiger partial charge in [-0.1, -0.05) is 20.8 Å². The molecule has 1 unspecified atom stereocenters. The number of hydrogen-bond acceptors (Lipinski definition) is 10. The van der Waals surface area contributed by atoms with Crippen LogP contribution in [0.1, 0.15) is 62.7 Å². The van der Waals surface area contributed by atoms with E-state index in [1.54, 1.807) is 13.0 Å². The van der Waals surface area contributed by atoms with Gasteiger partial charge in [0.1, 0.15) is 29.8 Å². The summed E-state index contributed by atoms with van der Waals surface area (Å²) >= 11 is 0. The van der Waals surface area contributed by atoms with Crippen molar-refractivity contribution < 1.29 is 38.1 Å². The van der Waals surface area contributed by atoms with Crippen LogP contribution in [-0.4, -0.2) is 65.1 Å². The molecule has 1 aromatic heterocycles. The Morgan fingerprint density at radius 1 is 0.794 bits per heavy atom. The Kier molecular flexibility index (Phi) is 18.8. The first-order valence-corrected chi connectivity index (χ1v) is 21.7. The molecule has 13 heteroatoms. The van der Waals surface area contributed by atoms with E-state index < -0.39 is 62.6 Å². The molecule has 1 saturated heterocycles. The van der Waals surface area contributed by atoms with Gasteiger partial charge in [-0.25, -0.2) is 4.79 Å². The second-order valence-corrected chi connectivity index (χ2v) is 19.2. The molecule has 2 aromatic rings. The van der Waals surface area contributed by atoms with Crippen LogP contribution in [0.25, 0.3) is 0 Å². The number of Topliss-reactive ketones (excluding diaryl/α,β-unsaturated/α-hetero) is 1. The summed E-state index contributed by atoms with van der Waals surface area (Å²) in [4.78, 5) is 65.6. The molecule has 63 heavy (non-hydrogen) atoms. The predicted molar refractivity (Wildman–Crippen MR) is 236 cm³/mol. The van der Waals surface area contributed by atoms with Crippen molar-refractivity contribution in [2.75, 3.05) is 6.61 Å². The Hall–Kier alpha value is -8.23. The van der Waals surface area contributed by atoms with Gasteiger partial charge in [0.2, 0.25) is 0 Å². The number of esters is 1. The molecule has 1 aliphatic rings. The quantitative estimate of drug-likeness (QED) is 0.215. The molecule has 0 radical (unpaired) electrons. The largest absolute Gasteiger partial charge is 0.457 e. The molecule has 1 aliphatic heterocycles. The van der Waals surface area contributed by atoms with Crippen molar-refractivity contribution in [3.63, 3.8) is 0 Å². The van der Waals surface area contributed by atoms with E-state index in [-0.39, 0.29) is 35.0 Å². The number of nitrogens with zero attached hydrogens (tertiary/aromatic N) is 2. The van der Waals surface area contributed by atoms with Crippen LogP contribution in [0, 0.1) is 138 Å². The zero-order chi connectivity index (χ0) is 46.4.